The summed E-state index contributed by atoms with van der Waals surface area (Å²) in [5.41, 5.74) is 5.03. The van der Waals surface area contributed by atoms with Gasteiger partial charge in [-0.2, -0.15) is 0 Å². The van der Waals surface area contributed by atoms with E-state index >= 15 is 0 Å². The van der Waals surface area contributed by atoms with Crippen LogP contribution in [0.2, 0.25) is 0 Å². The van der Waals surface area contributed by atoms with Crippen molar-refractivity contribution in [2.45, 2.75) is 37.0 Å². The lowest BCUT2D eigenvalue weighted by molar-refractivity contribution is 0.560. The summed E-state index contributed by atoms with van der Waals surface area (Å²) in [5.74, 6) is -0.979. The summed E-state index contributed by atoms with van der Waals surface area (Å²) >= 11 is 0. The molecule has 1 aromatic carbocycles. The van der Waals surface area contributed by atoms with Gasteiger partial charge in [-0.05, 0) is 39.0 Å². The van der Waals surface area contributed by atoms with Crippen LogP contribution in [-0.2, 0) is 20.0 Å². The van der Waals surface area contributed by atoms with Gasteiger partial charge >= 0.3 is 0 Å². The Balaban J connectivity index is 0.00000484. The summed E-state index contributed by atoms with van der Waals surface area (Å²) in [6, 6.07) is 2.43. The maximum absolute atomic E-state index is 13.9. The van der Waals surface area contributed by atoms with Crippen LogP contribution in [0.3, 0.4) is 0 Å². The van der Waals surface area contributed by atoms with Crippen molar-refractivity contribution in [3.63, 3.8) is 0 Å². The van der Waals surface area contributed by atoms with Gasteiger partial charge in [-0.25, -0.2) is 25.9 Å². The smallest absolute Gasteiger partial charge is 0.240 e. The summed E-state index contributed by atoms with van der Waals surface area (Å²) in [4.78, 5) is -0.308. The van der Waals surface area contributed by atoms with E-state index in [0.717, 1.165) is 18.2 Å². The highest BCUT2D eigenvalue weighted by Gasteiger charge is 2.21. The minimum absolute atomic E-state index is 0. The molecule has 11 heteroatoms. The van der Waals surface area contributed by atoms with E-state index in [2.05, 4.69) is 9.44 Å². The Morgan fingerprint density at radius 1 is 1.17 bits per heavy atom. The molecule has 1 aromatic rings. The van der Waals surface area contributed by atoms with Crippen LogP contribution >= 0.6 is 12.4 Å². The van der Waals surface area contributed by atoms with Gasteiger partial charge in [-0.3, -0.25) is 4.72 Å². The molecule has 0 fully saturated rings. The SMILES string of the molecule is CC(C)S(=O)(=O)Nc1ccc(S(=O)(=O)N[C@@H](C)CN)cc1F.Cl. The molecule has 23 heavy (non-hydrogen) atoms. The molecular weight excluding hydrogens is 369 g/mol. The first kappa shape index (κ1) is 22.1. The fraction of sp³-hybridized carbons (Fsp3) is 0.500. The normalized spacial score (nSPS) is 13.5. The minimum Gasteiger partial charge on any atom is -0.329 e. The van der Waals surface area contributed by atoms with E-state index in [0.29, 0.717) is 0 Å². The molecule has 0 spiro atoms. The van der Waals surface area contributed by atoms with Gasteiger partial charge in [-0.1, -0.05) is 0 Å². The number of nitrogens with one attached hydrogen (secondary N) is 2. The molecule has 0 aliphatic rings. The number of hydrogen-bond donors (Lipinski definition) is 3. The standard InChI is InChI=1S/C12H20FN3O4S2.ClH/c1-8(2)21(17,18)16-12-5-4-10(6-11(12)13)22(19,20)15-9(3)7-14;/h4-6,8-9,15-16H,7,14H2,1-3H3;1H/t9-;/m0./s1. The lowest BCUT2D eigenvalue weighted by Gasteiger charge is -2.14. The van der Waals surface area contributed by atoms with Gasteiger partial charge in [0.1, 0.15) is 5.82 Å². The van der Waals surface area contributed by atoms with E-state index in [1.54, 1.807) is 6.92 Å². The van der Waals surface area contributed by atoms with Crippen LogP contribution < -0.4 is 15.2 Å². The molecule has 0 heterocycles. The topological polar surface area (TPSA) is 118 Å². The second-order valence-corrected chi connectivity index (χ2v) is 9.05. The first-order chi connectivity index (χ1) is 9.99. The third kappa shape index (κ3) is 5.88. The van der Waals surface area contributed by atoms with Crippen LogP contribution in [0, 0.1) is 5.82 Å². The van der Waals surface area contributed by atoms with Crippen molar-refractivity contribution >= 4 is 38.1 Å². The molecule has 0 saturated carbocycles. The Bertz CT molecular complexity index is 739. The number of halogens is 2. The molecule has 0 aliphatic heterocycles. The van der Waals surface area contributed by atoms with E-state index in [1.807, 2.05) is 0 Å². The maximum atomic E-state index is 13.9. The highest BCUT2D eigenvalue weighted by molar-refractivity contribution is 7.93. The van der Waals surface area contributed by atoms with Gasteiger partial charge < -0.3 is 5.73 Å². The molecule has 134 valence electrons. The molecule has 0 aliphatic carbocycles. The van der Waals surface area contributed by atoms with Crippen LogP contribution in [0.4, 0.5) is 10.1 Å². The van der Waals surface area contributed by atoms with Crippen molar-refractivity contribution in [1.82, 2.24) is 4.72 Å². The summed E-state index contributed by atoms with van der Waals surface area (Å²) in [6.07, 6.45) is 0. The van der Waals surface area contributed by atoms with Gasteiger partial charge in [0.05, 0.1) is 15.8 Å². The Kier molecular flexibility index (Phi) is 7.91. The number of rotatable bonds is 7. The Labute approximate surface area is 142 Å². The quantitative estimate of drug-likeness (QED) is 0.643. The van der Waals surface area contributed by atoms with Crippen molar-refractivity contribution in [3.05, 3.63) is 24.0 Å². The highest BCUT2D eigenvalue weighted by Crippen LogP contribution is 2.21. The fourth-order valence-electron chi connectivity index (χ4n) is 1.40. The minimum atomic E-state index is -3.92. The second kappa shape index (κ2) is 8.25. The average molecular weight is 390 g/mol. The molecule has 0 aromatic heterocycles. The third-order valence-electron chi connectivity index (χ3n) is 2.83. The number of benzene rings is 1. The largest absolute Gasteiger partial charge is 0.329 e. The molecule has 7 nitrogen and oxygen atoms in total. The number of sulfonamides is 2. The molecule has 1 atom stereocenters. The number of anilines is 1. The monoisotopic (exact) mass is 389 g/mol. The molecule has 4 N–H and O–H groups in total. The van der Waals surface area contributed by atoms with Gasteiger partial charge in [0.25, 0.3) is 0 Å². The lowest BCUT2D eigenvalue weighted by atomic mass is 10.3. The van der Waals surface area contributed by atoms with E-state index in [4.69, 9.17) is 5.73 Å². The summed E-state index contributed by atoms with van der Waals surface area (Å²) in [5, 5.41) is -0.748. The zero-order valence-electron chi connectivity index (χ0n) is 12.9. The summed E-state index contributed by atoms with van der Waals surface area (Å²) < 4.78 is 65.7. The van der Waals surface area contributed by atoms with Crippen LogP contribution in [0.5, 0.6) is 0 Å². The zero-order chi connectivity index (χ0) is 17.1. The van der Waals surface area contributed by atoms with Gasteiger partial charge in [-0.15, -0.1) is 12.4 Å². The first-order valence-electron chi connectivity index (χ1n) is 6.53. The summed E-state index contributed by atoms with van der Waals surface area (Å²) in [7, 11) is -7.63. The Morgan fingerprint density at radius 3 is 2.17 bits per heavy atom. The van der Waals surface area contributed by atoms with Crippen molar-refractivity contribution in [1.29, 1.82) is 0 Å². The van der Waals surface area contributed by atoms with Crippen LogP contribution in [-0.4, -0.2) is 34.7 Å². The van der Waals surface area contributed by atoms with Crippen molar-refractivity contribution in [2.24, 2.45) is 5.73 Å². The average Bonchev–Trinajstić information content (AvgIpc) is 2.39. The molecule has 0 saturated heterocycles. The van der Waals surface area contributed by atoms with E-state index in [-0.39, 0.29) is 29.5 Å². The maximum Gasteiger partial charge on any atom is 0.240 e. The molecule has 1 rings (SSSR count). The number of nitrogens with two attached hydrogens (primary N) is 1. The lowest BCUT2D eigenvalue weighted by Crippen LogP contribution is -2.37. The molecular formula is C12H21ClFN3O4S2. The van der Waals surface area contributed by atoms with Crippen LogP contribution in [0.1, 0.15) is 20.8 Å². The van der Waals surface area contributed by atoms with Gasteiger partial charge in [0.2, 0.25) is 20.0 Å². The van der Waals surface area contributed by atoms with Crippen LogP contribution in [0.15, 0.2) is 23.1 Å². The van der Waals surface area contributed by atoms with Crippen LogP contribution in [0.25, 0.3) is 0 Å². The Hall–Kier alpha value is -0.940. The summed E-state index contributed by atoms with van der Waals surface area (Å²) in [6.45, 7) is 4.54. The zero-order valence-corrected chi connectivity index (χ0v) is 15.4. The van der Waals surface area contributed by atoms with Gasteiger partial charge in [0, 0.05) is 12.6 Å². The van der Waals surface area contributed by atoms with E-state index in [1.165, 1.54) is 13.8 Å². The predicted molar refractivity (Wildman–Crippen MR) is 90.2 cm³/mol. The van der Waals surface area contributed by atoms with E-state index in [9.17, 15) is 21.2 Å². The predicted octanol–water partition coefficient (Wildman–Crippen LogP) is 1.02. The Morgan fingerprint density at radius 2 is 1.74 bits per heavy atom. The van der Waals surface area contributed by atoms with Gasteiger partial charge in [0.15, 0.2) is 0 Å². The van der Waals surface area contributed by atoms with Crippen molar-refractivity contribution < 1.29 is 21.2 Å². The molecule has 0 unspecified atom stereocenters. The second-order valence-electron chi connectivity index (χ2n) is 5.10. The third-order valence-corrected chi connectivity index (χ3v) is 6.17. The number of hydrogen-bond acceptors (Lipinski definition) is 5. The molecule has 0 radical (unpaired) electrons. The van der Waals surface area contributed by atoms with Crippen molar-refractivity contribution in [3.8, 4) is 0 Å². The molecule has 0 amide bonds. The van der Waals surface area contributed by atoms with E-state index < -0.39 is 37.2 Å². The first-order valence-corrected chi connectivity index (χ1v) is 9.56. The fourth-order valence-corrected chi connectivity index (χ4v) is 3.37. The van der Waals surface area contributed by atoms with Crippen molar-refractivity contribution in [2.75, 3.05) is 11.3 Å². The molecule has 0 bridgehead atoms. The highest BCUT2D eigenvalue weighted by atomic mass is 35.5.